The summed E-state index contributed by atoms with van der Waals surface area (Å²) in [6.07, 6.45) is 0. The largest absolute Gasteiger partial charge is 0.391 e. The zero-order chi connectivity index (χ0) is 6.62. The minimum absolute atomic E-state index is 0. The van der Waals surface area contributed by atoms with Gasteiger partial charge < -0.3 is 9.59 Å². The summed E-state index contributed by atoms with van der Waals surface area (Å²) in [6.45, 7) is 4.35. The van der Waals surface area contributed by atoms with E-state index in [9.17, 15) is 0 Å². The fraction of sp³-hybridized carbons (Fsp3) is 1.00. The lowest BCUT2D eigenvalue weighted by Crippen LogP contribution is -2.41. The van der Waals surface area contributed by atoms with Crippen LogP contribution in [0.3, 0.4) is 0 Å². The molecule has 1 N–H and O–H groups in total. The van der Waals surface area contributed by atoms with Crippen LogP contribution >= 0.6 is 0 Å². The molecule has 0 aromatic rings. The number of aliphatic hydroxyl groups is 1. The fourth-order valence-electron chi connectivity index (χ4n) is 0.429. The molecule has 0 atom stereocenters. The molecule has 0 unspecified atom stereocenters. The molecule has 2 nitrogen and oxygen atoms in total. The van der Waals surface area contributed by atoms with Gasteiger partial charge in [-0.25, -0.2) is 0 Å². The lowest BCUT2D eigenvalue weighted by molar-refractivity contribution is -0.888. The molecule has 0 aliphatic heterocycles. The molecular weight excluding hydrogens is 138 g/mol. The highest BCUT2D eigenvalue weighted by molar-refractivity contribution is 4.24. The monoisotopic (exact) mass is 166 g/mol. The third-order valence-corrected chi connectivity index (χ3v) is 1.56. The maximum atomic E-state index is 8.52. The van der Waals surface area contributed by atoms with Crippen LogP contribution in [0.4, 0.5) is 0 Å². The third kappa shape index (κ3) is 13.0. The van der Waals surface area contributed by atoms with E-state index in [4.69, 9.17) is 5.11 Å². The summed E-state index contributed by atoms with van der Waals surface area (Å²) in [5, 5.41) is 8.52. The van der Waals surface area contributed by atoms with Gasteiger partial charge in [0.1, 0.15) is 6.54 Å². The van der Waals surface area contributed by atoms with Crippen LogP contribution in [-0.4, -0.2) is 43.4 Å². The van der Waals surface area contributed by atoms with Crippen molar-refractivity contribution in [1.82, 2.24) is 0 Å². The van der Waals surface area contributed by atoms with Crippen molar-refractivity contribution in [1.29, 1.82) is 0 Å². The quantitative estimate of drug-likeness (QED) is 0.636. The maximum absolute atomic E-state index is 8.52. The zero-order valence-electron chi connectivity index (χ0n) is 6.02. The smallest absolute Gasteiger partial charge is 0.102 e. The number of rotatable bonds is 3. The molecule has 0 bridgehead atoms. The average Bonchev–Trinajstić information content (AvgIpc) is 1.67. The van der Waals surface area contributed by atoms with Gasteiger partial charge >= 0.3 is 0 Å². The molecule has 0 spiro atoms. The first-order chi connectivity index (χ1) is 3.62. The normalized spacial score (nSPS) is 8.73. The zero-order valence-corrected chi connectivity index (χ0v) is 6.02. The van der Waals surface area contributed by atoms with Gasteiger partial charge in [0, 0.05) is 0 Å². The van der Waals surface area contributed by atoms with Crippen LogP contribution < -0.4 is 0 Å². The van der Waals surface area contributed by atoms with Crippen molar-refractivity contribution in [2.24, 2.45) is 0 Å². The molecular formula is C9H28NO+. The van der Waals surface area contributed by atoms with Crippen molar-refractivity contribution in [3.05, 3.63) is 0 Å². The second kappa shape index (κ2) is 9.92. The number of nitrogens with zero attached hydrogens (tertiary/aromatic N) is 1. The molecule has 0 amide bonds. The number of hydrogen-bond acceptors (Lipinski definition) is 1. The second-order valence-electron chi connectivity index (χ2n) is 2.70. The van der Waals surface area contributed by atoms with E-state index in [0.29, 0.717) is 6.61 Å². The average molecular weight is 166 g/mol. The minimum Gasteiger partial charge on any atom is -0.391 e. The molecule has 0 radical (unpaired) electrons. The Morgan fingerprint density at radius 2 is 1.45 bits per heavy atom. The highest BCUT2D eigenvalue weighted by Crippen LogP contribution is 1.92. The van der Waals surface area contributed by atoms with Crippen LogP contribution in [0.2, 0.25) is 0 Å². The Kier molecular flexibility index (Phi) is 20.2. The molecule has 0 aliphatic carbocycles. The van der Waals surface area contributed by atoms with Crippen LogP contribution in [0.5, 0.6) is 0 Å². The van der Waals surface area contributed by atoms with Gasteiger partial charge in [-0.3, -0.25) is 0 Å². The van der Waals surface area contributed by atoms with Gasteiger partial charge in [-0.1, -0.05) is 22.3 Å². The highest BCUT2D eigenvalue weighted by Gasteiger charge is 2.08. The van der Waals surface area contributed by atoms with E-state index in [1.807, 2.05) is 0 Å². The molecule has 0 aliphatic rings. The number of likely N-dealkylation sites (N-methyl/N-ethyl adjacent to an activating group) is 1. The second-order valence-corrected chi connectivity index (χ2v) is 2.70. The van der Waals surface area contributed by atoms with E-state index >= 15 is 0 Å². The number of quaternary nitrogens is 1. The molecule has 74 valence electrons. The Hall–Kier alpha value is -0.0800. The Labute approximate surface area is 73.4 Å². The summed E-state index contributed by atoms with van der Waals surface area (Å²) >= 11 is 0. The summed E-state index contributed by atoms with van der Waals surface area (Å²) in [7, 11) is 4.21. The summed E-state index contributed by atoms with van der Waals surface area (Å²) < 4.78 is 0.913. The van der Waals surface area contributed by atoms with Gasteiger partial charge in [0.2, 0.25) is 0 Å². The van der Waals surface area contributed by atoms with E-state index in [0.717, 1.165) is 17.6 Å². The van der Waals surface area contributed by atoms with Crippen LogP contribution in [0.25, 0.3) is 0 Å². The molecule has 11 heavy (non-hydrogen) atoms. The molecule has 0 fully saturated rings. The van der Waals surface area contributed by atoms with Crippen molar-refractivity contribution in [3.8, 4) is 0 Å². The molecule has 0 rings (SSSR count). The van der Waals surface area contributed by atoms with Crippen molar-refractivity contribution in [2.75, 3.05) is 33.8 Å². The topological polar surface area (TPSA) is 20.2 Å². The van der Waals surface area contributed by atoms with Crippen molar-refractivity contribution < 1.29 is 9.59 Å². The molecule has 0 saturated carbocycles. The Morgan fingerprint density at radius 1 is 1.09 bits per heavy atom. The van der Waals surface area contributed by atoms with E-state index in [1.165, 1.54) is 0 Å². The van der Waals surface area contributed by atoms with E-state index in [-0.39, 0.29) is 22.3 Å². The van der Waals surface area contributed by atoms with Crippen molar-refractivity contribution in [3.63, 3.8) is 0 Å². The summed E-state index contributed by atoms with van der Waals surface area (Å²) in [5.41, 5.74) is 0. The number of hydrogen-bond donors (Lipinski definition) is 1. The Morgan fingerprint density at radius 3 is 1.55 bits per heavy atom. The van der Waals surface area contributed by atoms with E-state index in [1.54, 1.807) is 0 Å². The molecule has 2 heteroatoms. The summed E-state index contributed by atoms with van der Waals surface area (Å²) in [5.74, 6) is 0. The predicted octanol–water partition coefficient (Wildman–Crippen LogP) is 1.98. The van der Waals surface area contributed by atoms with Crippen molar-refractivity contribution in [2.45, 2.75) is 29.2 Å². The molecule has 0 aromatic heterocycles. The van der Waals surface area contributed by atoms with Crippen LogP contribution in [-0.2, 0) is 0 Å². The molecule has 0 heterocycles. The van der Waals surface area contributed by atoms with Gasteiger partial charge in [0.05, 0.1) is 27.2 Å². The number of aliphatic hydroxyl groups excluding tert-OH is 1. The van der Waals surface area contributed by atoms with Gasteiger partial charge in [-0.05, 0) is 6.92 Å². The third-order valence-electron chi connectivity index (χ3n) is 1.56. The Balaban J connectivity index is -0.0000000817. The van der Waals surface area contributed by atoms with E-state index in [2.05, 4.69) is 21.0 Å². The molecule has 0 saturated heterocycles. The highest BCUT2D eigenvalue weighted by atomic mass is 16.3. The van der Waals surface area contributed by atoms with Gasteiger partial charge in [-0.2, -0.15) is 0 Å². The van der Waals surface area contributed by atoms with Crippen LogP contribution in [0.1, 0.15) is 29.2 Å². The minimum atomic E-state index is 0. The van der Waals surface area contributed by atoms with Gasteiger partial charge in [-0.15, -0.1) is 0 Å². The summed E-state index contributed by atoms with van der Waals surface area (Å²) in [4.78, 5) is 0. The summed E-state index contributed by atoms with van der Waals surface area (Å²) in [6, 6.07) is 0. The SMILES string of the molecule is C.C.C.CC[N+](C)(C)CCO. The molecule has 0 aromatic carbocycles. The standard InChI is InChI=1S/C6H16NO.3CH4/c1-4-7(2,3)5-6-8;;;/h8H,4-6H2,1-3H3;3*1H4/q+1;;;. The van der Waals surface area contributed by atoms with Gasteiger partial charge in [0.15, 0.2) is 0 Å². The van der Waals surface area contributed by atoms with Crippen LogP contribution in [0, 0.1) is 0 Å². The first-order valence-electron chi connectivity index (χ1n) is 3.05. The van der Waals surface area contributed by atoms with Crippen LogP contribution in [0.15, 0.2) is 0 Å². The maximum Gasteiger partial charge on any atom is 0.102 e. The Bertz CT molecular complexity index is 62.6. The predicted molar refractivity (Wildman–Crippen MR) is 54.8 cm³/mol. The van der Waals surface area contributed by atoms with Crippen molar-refractivity contribution >= 4 is 0 Å². The first-order valence-corrected chi connectivity index (χ1v) is 3.05. The van der Waals surface area contributed by atoms with E-state index < -0.39 is 0 Å². The van der Waals surface area contributed by atoms with Gasteiger partial charge in [0.25, 0.3) is 0 Å². The lowest BCUT2D eigenvalue weighted by atomic mass is 10.5. The first kappa shape index (κ1) is 22.4. The fourth-order valence-corrected chi connectivity index (χ4v) is 0.429. The lowest BCUT2D eigenvalue weighted by Gasteiger charge is -2.26.